The topological polar surface area (TPSA) is 113 Å². The number of morpholine rings is 1. The predicted molar refractivity (Wildman–Crippen MR) is 185 cm³/mol. The fourth-order valence-electron chi connectivity index (χ4n) is 9.78. The highest BCUT2D eigenvalue weighted by atomic mass is 32.2. The molecule has 2 aliphatic carbocycles. The number of rotatable bonds is 6. The molecule has 0 radical (unpaired) electrons. The molecule has 260 valence electrons. The zero-order chi connectivity index (χ0) is 33.5. The van der Waals surface area contributed by atoms with Crippen LogP contribution in [-0.4, -0.2) is 98.1 Å². The molecular formula is C37H45N5O6S. The molecule has 11 nitrogen and oxygen atoms in total. The van der Waals surface area contributed by atoms with Crippen molar-refractivity contribution in [1.29, 1.82) is 0 Å². The minimum absolute atomic E-state index is 0.0251. The van der Waals surface area contributed by atoms with Crippen molar-refractivity contribution in [2.75, 3.05) is 53.2 Å². The Morgan fingerprint density at radius 2 is 1.76 bits per heavy atom. The van der Waals surface area contributed by atoms with E-state index in [1.165, 1.54) is 29.1 Å². The van der Waals surface area contributed by atoms with E-state index in [9.17, 15) is 13.2 Å². The molecule has 5 heterocycles. The van der Waals surface area contributed by atoms with E-state index in [1.54, 1.807) is 13.2 Å². The lowest BCUT2D eigenvalue weighted by atomic mass is 9.80. The van der Waals surface area contributed by atoms with E-state index >= 15 is 4.79 Å². The van der Waals surface area contributed by atoms with Gasteiger partial charge in [-0.3, -0.25) is 14.5 Å². The lowest BCUT2D eigenvalue weighted by Crippen LogP contribution is -2.54. The molecule has 12 heteroatoms. The van der Waals surface area contributed by atoms with Crippen LogP contribution in [0.5, 0.6) is 5.75 Å². The first-order valence-electron chi connectivity index (χ1n) is 18.1. The van der Waals surface area contributed by atoms with Crippen molar-refractivity contribution in [1.82, 2.24) is 23.4 Å². The second-order valence-electron chi connectivity index (χ2n) is 14.9. The highest BCUT2D eigenvalue weighted by molar-refractivity contribution is 7.87. The number of amides is 2. The summed E-state index contributed by atoms with van der Waals surface area (Å²) in [5.41, 5.74) is 4.90. The molecule has 4 aliphatic heterocycles. The van der Waals surface area contributed by atoms with Gasteiger partial charge >= 0.3 is 10.2 Å². The highest BCUT2D eigenvalue weighted by Crippen LogP contribution is 2.67. The number of ether oxygens (including phenoxy) is 2. The number of nitrogens with zero attached hydrogens (tertiary/aromatic N) is 4. The molecule has 6 aliphatic rings. The van der Waals surface area contributed by atoms with E-state index in [2.05, 4.69) is 31.2 Å². The normalized spacial score (nSPS) is 27.2. The molecule has 0 bridgehead atoms. The van der Waals surface area contributed by atoms with E-state index in [-0.39, 0.29) is 30.5 Å². The maximum absolute atomic E-state index is 15.1. The number of hydrogen-bond acceptors (Lipinski definition) is 7. The molecule has 0 spiro atoms. The Labute approximate surface area is 287 Å². The number of aromatic nitrogens is 1. The highest BCUT2D eigenvalue weighted by Gasteiger charge is 2.67. The first-order chi connectivity index (χ1) is 23.8. The van der Waals surface area contributed by atoms with Crippen LogP contribution in [0.4, 0.5) is 0 Å². The molecule has 3 aromatic rings. The molecule has 2 aromatic carbocycles. The summed E-state index contributed by atoms with van der Waals surface area (Å²) in [6.45, 7) is 3.41. The van der Waals surface area contributed by atoms with Gasteiger partial charge in [0.05, 0.1) is 38.2 Å². The fourth-order valence-corrected chi connectivity index (χ4v) is 10.9. The van der Waals surface area contributed by atoms with Crippen molar-refractivity contribution in [2.24, 2.45) is 0 Å². The molecule has 2 unspecified atom stereocenters. The lowest BCUT2D eigenvalue weighted by molar-refractivity contribution is -0.141. The molecule has 2 amide bonds. The van der Waals surface area contributed by atoms with Gasteiger partial charge in [0.1, 0.15) is 11.3 Å². The van der Waals surface area contributed by atoms with E-state index in [0.29, 0.717) is 38.3 Å². The first-order valence-corrected chi connectivity index (χ1v) is 19.5. The van der Waals surface area contributed by atoms with Crippen LogP contribution in [0.15, 0.2) is 36.4 Å². The summed E-state index contributed by atoms with van der Waals surface area (Å²) in [4.78, 5) is 33.4. The third-order valence-corrected chi connectivity index (χ3v) is 13.8. The average molecular weight is 688 g/mol. The maximum Gasteiger partial charge on any atom is 0.304 e. The number of carbonyl (C=O) groups excluding carboxylic acids is 2. The summed E-state index contributed by atoms with van der Waals surface area (Å²) in [5.74, 6) is 0.561. The molecule has 9 rings (SSSR count). The van der Waals surface area contributed by atoms with Crippen LogP contribution in [0.1, 0.15) is 91.1 Å². The standard InChI is InChI=1S/C37H45N5O6S/c1-47-27-10-12-28-30(21-27)31-22-37(31,36(44)40-15-13-26-8-5-14-39(26)23-40)42-32-20-25(35(43)38-49(45,46)41-16-18-48-19-17-41)9-11-29(32)33(34(28)42)24-6-3-2-4-7-24/h9-12,20-21,24,26,31H,2-8,13-19,22-23H2,1H3,(H,38,43)/t26-,31?,37?/m1/s1. The quantitative estimate of drug-likeness (QED) is 0.406. The number of hydrogen-bond donors (Lipinski definition) is 1. The second kappa shape index (κ2) is 11.8. The third kappa shape index (κ3) is 4.96. The summed E-state index contributed by atoms with van der Waals surface area (Å²) in [6.07, 6.45) is 9.72. The Balaban J connectivity index is 1.20. The van der Waals surface area contributed by atoms with Gasteiger partial charge in [0.2, 0.25) is 0 Å². The monoisotopic (exact) mass is 687 g/mol. The van der Waals surface area contributed by atoms with E-state index in [1.807, 2.05) is 18.2 Å². The summed E-state index contributed by atoms with van der Waals surface area (Å²) < 4.78 is 43.3. The van der Waals surface area contributed by atoms with Crippen LogP contribution >= 0.6 is 0 Å². The Morgan fingerprint density at radius 3 is 2.55 bits per heavy atom. The zero-order valence-electron chi connectivity index (χ0n) is 28.2. The summed E-state index contributed by atoms with van der Waals surface area (Å²) in [5, 5.41) is 1.05. The van der Waals surface area contributed by atoms with E-state index < -0.39 is 21.7 Å². The Bertz CT molecular complexity index is 1950. The van der Waals surface area contributed by atoms with Crippen molar-refractivity contribution in [3.05, 3.63) is 53.1 Å². The van der Waals surface area contributed by atoms with E-state index in [0.717, 1.165) is 78.7 Å². The van der Waals surface area contributed by atoms with Gasteiger partial charge in [-0.05, 0) is 85.9 Å². The Kier molecular flexibility index (Phi) is 7.60. The minimum Gasteiger partial charge on any atom is -0.497 e. The van der Waals surface area contributed by atoms with Crippen molar-refractivity contribution in [3.63, 3.8) is 0 Å². The summed E-state index contributed by atoms with van der Waals surface area (Å²) >= 11 is 0. The zero-order valence-corrected chi connectivity index (χ0v) is 29.0. The van der Waals surface area contributed by atoms with Crippen molar-refractivity contribution < 1.29 is 27.5 Å². The van der Waals surface area contributed by atoms with Crippen molar-refractivity contribution >= 4 is 32.9 Å². The Hall–Kier alpha value is -3.45. The van der Waals surface area contributed by atoms with Gasteiger partial charge in [-0.25, -0.2) is 4.72 Å². The van der Waals surface area contributed by atoms with Gasteiger partial charge in [0.25, 0.3) is 11.8 Å². The van der Waals surface area contributed by atoms with E-state index in [4.69, 9.17) is 9.47 Å². The first kappa shape index (κ1) is 31.5. The van der Waals surface area contributed by atoms with Gasteiger partial charge in [0.15, 0.2) is 0 Å². The molecule has 1 aromatic heterocycles. The molecule has 3 saturated heterocycles. The van der Waals surface area contributed by atoms with Gasteiger partial charge in [-0.1, -0.05) is 25.3 Å². The average Bonchev–Trinajstić information content (AvgIpc) is 3.55. The number of fused-ring (bicyclic) bond motifs is 9. The van der Waals surface area contributed by atoms with Gasteiger partial charge in [0, 0.05) is 54.7 Å². The van der Waals surface area contributed by atoms with Crippen LogP contribution in [-0.2, 0) is 25.3 Å². The molecule has 2 saturated carbocycles. The van der Waals surface area contributed by atoms with Crippen molar-refractivity contribution in [2.45, 2.75) is 81.2 Å². The third-order valence-electron chi connectivity index (χ3n) is 12.3. The summed E-state index contributed by atoms with van der Waals surface area (Å²) in [7, 11) is -2.35. The van der Waals surface area contributed by atoms with Crippen LogP contribution in [0.3, 0.4) is 0 Å². The Morgan fingerprint density at radius 1 is 0.939 bits per heavy atom. The van der Waals surface area contributed by atoms with Gasteiger partial charge in [-0.15, -0.1) is 0 Å². The largest absolute Gasteiger partial charge is 0.497 e. The molecule has 1 N–H and O–H groups in total. The van der Waals surface area contributed by atoms with Crippen LogP contribution in [0, 0.1) is 0 Å². The number of carbonyl (C=O) groups is 2. The van der Waals surface area contributed by atoms with Crippen LogP contribution < -0.4 is 9.46 Å². The minimum atomic E-state index is -4.04. The predicted octanol–water partition coefficient (Wildman–Crippen LogP) is 4.52. The number of benzene rings is 2. The van der Waals surface area contributed by atoms with Crippen molar-refractivity contribution in [3.8, 4) is 17.0 Å². The second-order valence-corrected chi connectivity index (χ2v) is 16.5. The van der Waals surface area contributed by atoms with Crippen LogP contribution in [0.25, 0.3) is 22.2 Å². The van der Waals surface area contributed by atoms with Gasteiger partial charge < -0.3 is 18.9 Å². The van der Waals surface area contributed by atoms with Gasteiger partial charge in [-0.2, -0.15) is 12.7 Å². The SMILES string of the molecule is COc1ccc2c(c1)C1CC1(C(=O)N1CC[C@H]3CCCN3C1)n1c-2c(C2CCCCC2)c2ccc(C(=O)NS(=O)(=O)N3CCOCC3)cc21. The maximum atomic E-state index is 15.1. The smallest absolute Gasteiger partial charge is 0.304 e. The molecule has 49 heavy (non-hydrogen) atoms. The molecule has 3 atom stereocenters. The fraction of sp³-hybridized carbons (Fsp3) is 0.568. The molecular weight excluding hydrogens is 643 g/mol. The molecule has 5 fully saturated rings. The lowest BCUT2D eigenvalue weighted by Gasteiger charge is -2.41. The summed E-state index contributed by atoms with van der Waals surface area (Å²) in [6, 6.07) is 12.4. The van der Waals surface area contributed by atoms with Crippen LogP contribution in [0.2, 0.25) is 0 Å². The number of nitrogens with one attached hydrogen (secondary N) is 1. The number of methoxy groups -OCH3 is 1.